The number of carbonyl (C=O) groups is 1. The van der Waals surface area contributed by atoms with E-state index in [4.69, 9.17) is 31.0 Å². The lowest BCUT2D eigenvalue weighted by molar-refractivity contribution is 0.0203. The van der Waals surface area contributed by atoms with Crippen LogP contribution in [0.15, 0.2) is 6.20 Å². The molecule has 2 aromatic rings. The summed E-state index contributed by atoms with van der Waals surface area (Å²) >= 11 is 0. The second-order valence-electron chi connectivity index (χ2n) is 10.9. The number of carbonyl (C=O) groups excluding carboxylic acids is 1. The van der Waals surface area contributed by atoms with Gasteiger partial charge in [-0.15, -0.1) is 0 Å². The quantitative estimate of drug-likeness (QED) is 0.421. The second-order valence-corrected chi connectivity index (χ2v) is 10.9. The number of likely N-dealkylation sites (tertiary alicyclic amines) is 1. The molecule has 1 amide bonds. The molecule has 0 spiro atoms. The van der Waals surface area contributed by atoms with Crippen LogP contribution in [0.5, 0.6) is 0 Å². The molecule has 12 nitrogen and oxygen atoms in total. The van der Waals surface area contributed by atoms with Crippen LogP contribution in [0.25, 0.3) is 11.5 Å². The average molecular weight is 500 g/mol. The number of hydrogen-bond acceptors (Lipinski definition) is 10. The van der Waals surface area contributed by atoms with Crippen molar-refractivity contribution in [2.45, 2.75) is 79.4 Å². The molecule has 0 unspecified atom stereocenters. The highest BCUT2D eigenvalue weighted by Crippen LogP contribution is 2.29. The van der Waals surface area contributed by atoms with Crippen LogP contribution in [0.4, 0.5) is 10.6 Å². The fourth-order valence-electron chi connectivity index (χ4n) is 3.57. The highest BCUT2D eigenvalue weighted by atomic mass is 16.6. The van der Waals surface area contributed by atoms with E-state index in [1.807, 2.05) is 48.5 Å². The lowest BCUT2D eigenvalue weighted by atomic mass is 9.96. The molecular formula is C24H37N9O3. The fraction of sp³-hybridized carbons (Fsp3) is 0.625. The van der Waals surface area contributed by atoms with Crippen LogP contribution in [0, 0.1) is 16.2 Å². The third kappa shape index (κ3) is 6.35. The van der Waals surface area contributed by atoms with Crippen LogP contribution >= 0.6 is 0 Å². The number of ether oxygens (including phenoxy) is 2. The first kappa shape index (κ1) is 27.0. The van der Waals surface area contributed by atoms with Gasteiger partial charge in [0.1, 0.15) is 11.3 Å². The summed E-state index contributed by atoms with van der Waals surface area (Å²) in [5.41, 5.74) is 5.32. The maximum Gasteiger partial charge on any atom is 0.410 e. The number of amides is 1. The van der Waals surface area contributed by atoms with Crippen molar-refractivity contribution in [3.05, 3.63) is 17.7 Å². The Labute approximate surface area is 211 Å². The lowest BCUT2D eigenvalue weighted by Crippen LogP contribution is -2.41. The van der Waals surface area contributed by atoms with Crippen molar-refractivity contribution in [2.24, 2.45) is 5.41 Å². The SMILES string of the molecule is CCn1nc(C2CCN(C(=O)OC(C)(C)C)CC2)nc1-c1cnc(N)c(C(=N)OC(=N)C(C)(C)C)n1. The Balaban J connectivity index is 1.79. The molecule has 0 aliphatic carbocycles. The van der Waals surface area contributed by atoms with Gasteiger partial charge < -0.3 is 20.1 Å². The van der Waals surface area contributed by atoms with Crippen LogP contribution in [0.3, 0.4) is 0 Å². The minimum absolute atomic E-state index is 0.0303. The molecule has 0 aromatic carbocycles. The van der Waals surface area contributed by atoms with Crippen LogP contribution < -0.4 is 5.73 Å². The zero-order chi connectivity index (χ0) is 26.8. The van der Waals surface area contributed by atoms with Gasteiger partial charge >= 0.3 is 6.09 Å². The molecule has 1 aliphatic rings. The van der Waals surface area contributed by atoms with Crippen LogP contribution in [-0.2, 0) is 16.0 Å². The molecule has 0 bridgehead atoms. The predicted molar refractivity (Wildman–Crippen MR) is 136 cm³/mol. The molecule has 2 aromatic heterocycles. The van der Waals surface area contributed by atoms with E-state index in [0.717, 1.165) is 12.8 Å². The van der Waals surface area contributed by atoms with E-state index in [1.165, 1.54) is 6.20 Å². The van der Waals surface area contributed by atoms with E-state index in [9.17, 15) is 4.79 Å². The van der Waals surface area contributed by atoms with Crippen molar-refractivity contribution < 1.29 is 14.3 Å². The maximum atomic E-state index is 12.4. The average Bonchev–Trinajstić information content (AvgIpc) is 3.22. The van der Waals surface area contributed by atoms with Crippen molar-refractivity contribution in [3.63, 3.8) is 0 Å². The number of piperidine rings is 1. The Hall–Kier alpha value is -3.57. The lowest BCUT2D eigenvalue weighted by Gasteiger charge is -2.32. The summed E-state index contributed by atoms with van der Waals surface area (Å²) in [4.78, 5) is 27.5. The number of aryl methyl sites for hydroxylation is 1. The zero-order valence-corrected chi connectivity index (χ0v) is 22.2. The summed E-state index contributed by atoms with van der Waals surface area (Å²) in [6.07, 6.45) is 2.63. The number of nitrogens with one attached hydrogen (secondary N) is 2. The molecule has 1 aliphatic heterocycles. The van der Waals surface area contributed by atoms with Crippen molar-refractivity contribution in [3.8, 4) is 11.5 Å². The summed E-state index contributed by atoms with van der Waals surface area (Å²) < 4.78 is 12.6. The molecule has 0 atom stereocenters. The van der Waals surface area contributed by atoms with Gasteiger partial charge in [-0.3, -0.25) is 10.8 Å². The Bertz CT molecular complexity index is 1140. The van der Waals surface area contributed by atoms with Gasteiger partial charge in [0, 0.05) is 31.0 Å². The van der Waals surface area contributed by atoms with Gasteiger partial charge in [-0.1, -0.05) is 20.8 Å². The summed E-state index contributed by atoms with van der Waals surface area (Å²) in [7, 11) is 0. The molecule has 0 saturated carbocycles. The second kappa shape index (κ2) is 10.2. The van der Waals surface area contributed by atoms with Gasteiger partial charge in [-0.05, 0) is 40.5 Å². The van der Waals surface area contributed by atoms with Crippen LogP contribution in [0.1, 0.15) is 78.7 Å². The van der Waals surface area contributed by atoms with E-state index in [2.05, 4.69) is 15.1 Å². The highest BCUT2D eigenvalue weighted by Gasteiger charge is 2.30. The first-order chi connectivity index (χ1) is 16.7. The largest absolute Gasteiger partial charge is 0.444 e. The number of nitrogen functional groups attached to an aromatic ring is 1. The van der Waals surface area contributed by atoms with Gasteiger partial charge in [0.05, 0.1) is 6.20 Å². The molecule has 1 fully saturated rings. The standard InChI is InChI=1S/C24H37N9O3/c1-8-33-20(15-13-28-17(25)16(29-15)18(26)35-21(27)23(2,3)4)30-19(31-33)14-9-11-32(12-10-14)22(34)36-24(5,6)7/h13-14,26-27H,8-12H2,1-7H3,(H2,25,28). The molecule has 196 valence electrons. The van der Waals surface area contributed by atoms with Crippen LogP contribution in [0.2, 0.25) is 0 Å². The first-order valence-electron chi connectivity index (χ1n) is 12.1. The summed E-state index contributed by atoms with van der Waals surface area (Å²) in [5, 5.41) is 21.0. The van der Waals surface area contributed by atoms with Gasteiger partial charge in [0.2, 0.25) is 5.90 Å². The van der Waals surface area contributed by atoms with E-state index in [1.54, 1.807) is 9.58 Å². The molecule has 12 heteroatoms. The monoisotopic (exact) mass is 499 g/mol. The number of nitrogens with zero attached hydrogens (tertiary/aromatic N) is 6. The van der Waals surface area contributed by atoms with Crippen molar-refractivity contribution in [1.29, 1.82) is 10.8 Å². The van der Waals surface area contributed by atoms with Gasteiger partial charge in [0.15, 0.2) is 29.1 Å². The zero-order valence-electron chi connectivity index (χ0n) is 22.2. The van der Waals surface area contributed by atoms with Crippen molar-refractivity contribution >= 4 is 23.7 Å². The summed E-state index contributed by atoms with van der Waals surface area (Å²) in [6, 6.07) is 0. The Morgan fingerprint density at radius 2 is 1.78 bits per heavy atom. The van der Waals surface area contributed by atoms with Crippen molar-refractivity contribution in [2.75, 3.05) is 18.8 Å². The number of nitrogens with two attached hydrogens (primary N) is 1. The van der Waals surface area contributed by atoms with E-state index >= 15 is 0 Å². The highest BCUT2D eigenvalue weighted by molar-refractivity contribution is 6.01. The van der Waals surface area contributed by atoms with Gasteiger partial charge in [-0.25, -0.2) is 24.4 Å². The number of hydrogen-bond donors (Lipinski definition) is 3. The molecule has 36 heavy (non-hydrogen) atoms. The Kier molecular flexibility index (Phi) is 7.65. The Morgan fingerprint density at radius 3 is 2.33 bits per heavy atom. The molecular weight excluding hydrogens is 462 g/mol. The maximum absolute atomic E-state index is 12.4. The minimum atomic E-state index is -0.567. The van der Waals surface area contributed by atoms with E-state index in [0.29, 0.717) is 37.0 Å². The van der Waals surface area contributed by atoms with Gasteiger partial charge in [-0.2, -0.15) is 5.10 Å². The fourth-order valence-corrected chi connectivity index (χ4v) is 3.57. The van der Waals surface area contributed by atoms with Crippen LogP contribution in [-0.4, -0.2) is 66.2 Å². The molecule has 1 saturated heterocycles. The third-order valence-corrected chi connectivity index (χ3v) is 5.63. The first-order valence-corrected chi connectivity index (χ1v) is 12.1. The number of anilines is 1. The van der Waals surface area contributed by atoms with Gasteiger partial charge in [0.25, 0.3) is 0 Å². The summed E-state index contributed by atoms with van der Waals surface area (Å²) in [6.45, 7) is 14.7. The number of aromatic nitrogens is 5. The summed E-state index contributed by atoms with van der Waals surface area (Å²) in [5.74, 6) is 0.884. The predicted octanol–water partition coefficient (Wildman–Crippen LogP) is 3.82. The van der Waals surface area contributed by atoms with E-state index < -0.39 is 11.0 Å². The third-order valence-electron chi connectivity index (χ3n) is 5.63. The van der Waals surface area contributed by atoms with Crippen molar-refractivity contribution in [1.82, 2.24) is 29.6 Å². The Morgan fingerprint density at radius 1 is 1.14 bits per heavy atom. The molecule has 0 radical (unpaired) electrons. The normalized spacial score (nSPS) is 15.0. The topological polar surface area (TPSA) is 169 Å². The molecule has 4 N–H and O–H groups in total. The molecule has 3 rings (SSSR count). The molecule has 3 heterocycles. The smallest absolute Gasteiger partial charge is 0.410 e. The number of rotatable bonds is 4. The van der Waals surface area contributed by atoms with E-state index in [-0.39, 0.29) is 35.3 Å². The minimum Gasteiger partial charge on any atom is -0.444 e.